The minimum atomic E-state index is -0.507. The largest absolute Gasteiger partial charge is 0.310 e. The number of fused-ring (bicyclic) bond motifs is 8. The number of para-hydroxylation sites is 1. The first kappa shape index (κ1) is 40.8. The molecule has 14 rings (SSSR count). The van der Waals surface area contributed by atoms with Gasteiger partial charge in [-0.1, -0.05) is 206 Å². The summed E-state index contributed by atoms with van der Waals surface area (Å²) in [6.45, 7) is 0. The van der Waals surface area contributed by atoms with Crippen molar-refractivity contribution in [3.8, 4) is 39.1 Å². The standard InChI is InChI=1S/C69H46N2/c1-3-22-55(23-4-1)69(56-24-5-2-6-25-56)65-28-13-11-26-61(65)62-40-39-60(46-66(62)69)70(58-37-32-47-16-7-9-18-52(47)43-58)57-35-30-49(31-36-57)50-20-15-21-51(42-50)54-34-41-68-64(45-54)63-27-12-14-29-67(63)71(68)59-38-33-48-17-8-10-19-53(48)44-59/h1-46H. The molecule has 0 spiro atoms. The van der Waals surface area contributed by atoms with E-state index >= 15 is 0 Å². The van der Waals surface area contributed by atoms with E-state index in [9.17, 15) is 0 Å². The molecule has 1 aromatic heterocycles. The predicted molar refractivity (Wildman–Crippen MR) is 299 cm³/mol. The maximum atomic E-state index is 2.46. The molecule has 2 nitrogen and oxygen atoms in total. The zero-order valence-corrected chi connectivity index (χ0v) is 39.0. The second-order valence-electron chi connectivity index (χ2n) is 18.9. The quantitative estimate of drug-likeness (QED) is 0.147. The third-order valence-electron chi connectivity index (χ3n) is 15.0. The normalized spacial score (nSPS) is 12.6. The molecule has 0 radical (unpaired) electrons. The van der Waals surface area contributed by atoms with E-state index in [2.05, 4.69) is 289 Å². The maximum Gasteiger partial charge on any atom is 0.0714 e. The highest BCUT2D eigenvalue weighted by molar-refractivity contribution is 6.11. The summed E-state index contributed by atoms with van der Waals surface area (Å²) in [5.74, 6) is 0. The lowest BCUT2D eigenvalue weighted by atomic mass is 9.67. The molecule has 0 N–H and O–H groups in total. The number of hydrogen-bond donors (Lipinski definition) is 0. The molecular formula is C69H46N2. The Morgan fingerprint density at radius 3 is 1.58 bits per heavy atom. The number of nitrogens with zero attached hydrogens (tertiary/aromatic N) is 2. The van der Waals surface area contributed by atoms with Crippen molar-refractivity contribution in [2.75, 3.05) is 4.90 Å². The summed E-state index contributed by atoms with van der Waals surface area (Å²) in [4.78, 5) is 2.43. The highest BCUT2D eigenvalue weighted by atomic mass is 15.1. The molecule has 0 aliphatic heterocycles. The zero-order valence-electron chi connectivity index (χ0n) is 39.0. The summed E-state index contributed by atoms with van der Waals surface area (Å²) in [6, 6.07) is 103. The van der Waals surface area contributed by atoms with Gasteiger partial charge in [-0.25, -0.2) is 0 Å². The van der Waals surface area contributed by atoms with Gasteiger partial charge in [0.1, 0.15) is 0 Å². The van der Waals surface area contributed by atoms with Gasteiger partial charge in [0.2, 0.25) is 0 Å². The molecule has 0 saturated heterocycles. The molecular weight excluding hydrogens is 857 g/mol. The summed E-state index contributed by atoms with van der Waals surface area (Å²) >= 11 is 0. The van der Waals surface area contributed by atoms with E-state index in [1.54, 1.807) is 0 Å². The van der Waals surface area contributed by atoms with Crippen LogP contribution in [0.15, 0.2) is 279 Å². The molecule has 2 heteroatoms. The van der Waals surface area contributed by atoms with Gasteiger partial charge in [-0.05, 0) is 150 Å². The van der Waals surface area contributed by atoms with Gasteiger partial charge in [0.25, 0.3) is 0 Å². The van der Waals surface area contributed by atoms with Gasteiger partial charge < -0.3 is 9.47 Å². The van der Waals surface area contributed by atoms with Gasteiger partial charge >= 0.3 is 0 Å². The van der Waals surface area contributed by atoms with Gasteiger partial charge in [-0.3, -0.25) is 0 Å². The Kier molecular flexibility index (Phi) is 9.47. The summed E-state index contributed by atoms with van der Waals surface area (Å²) < 4.78 is 2.41. The van der Waals surface area contributed by atoms with Crippen LogP contribution in [0.25, 0.3) is 82.4 Å². The van der Waals surface area contributed by atoms with E-state index in [0.717, 1.165) is 17.1 Å². The van der Waals surface area contributed by atoms with Crippen molar-refractivity contribution in [3.05, 3.63) is 301 Å². The Morgan fingerprint density at radius 2 is 0.817 bits per heavy atom. The molecule has 13 aromatic rings. The first-order chi connectivity index (χ1) is 35.2. The molecule has 0 saturated carbocycles. The Hall–Kier alpha value is -9.24. The number of aromatic nitrogens is 1. The molecule has 71 heavy (non-hydrogen) atoms. The highest BCUT2D eigenvalue weighted by Gasteiger charge is 2.46. The zero-order chi connectivity index (χ0) is 46.9. The van der Waals surface area contributed by atoms with Crippen LogP contribution in [-0.2, 0) is 5.41 Å². The topological polar surface area (TPSA) is 8.17 Å². The molecule has 1 aliphatic rings. The van der Waals surface area contributed by atoms with Crippen molar-refractivity contribution < 1.29 is 0 Å². The lowest BCUT2D eigenvalue weighted by Gasteiger charge is -2.35. The van der Waals surface area contributed by atoms with Crippen LogP contribution in [-0.4, -0.2) is 4.57 Å². The number of rotatable bonds is 8. The predicted octanol–water partition coefficient (Wildman–Crippen LogP) is 18.3. The fourth-order valence-corrected chi connectivity index (χ4v) is 11.8. The fraction of sp³-hybridized carbons (Fsp3) is 0.0145. The van der Waals surface area contributed by atoms with E-state index in [0.29, 0.717) is 0 Å². The Morgan fingerprint density at radius 1 is 0.282 bits per heavy atom. The fourth-order valence-electron chi connectivity index (χ4n) is 11.8. The van der Waals surface area contributed by atoms with Crippen LogP contribution in [0.3, 0.4) is 0 Å². The maximum absolute atomic E-state index is 2.46. The lowest BCUT2D eigenvalue weighted by Crippen LogP contribution is -2.28. The highest BCUT2D eigenvalue weighted by Crippen LogP contribution is 2.57. The third-order valence-corrected chi connectivity index (χ3v) is 15.0. The Labute approximate surface area is 413 Å². The van der Waals surface area contributed by atoms with Crippen molar-refractivity contribution in [1.82, 2.24) is 4.57 Å². The van der Waals surface area contributed by atoms with Crippen LogP contribution in [0.4, 0.5) is 17.1 Å². The van der Waals surface area contributed by atoms with Crippen molar-refractivity contribution >= 4 is 60.4 Å². The number of hydrogen-bond acceptors (Lipinski definition) is 1. The summed E-state index contributed by atoms with van der Waals surface area (Å²) in [7, 11) is 0. The van der Waals surface area contributed by atoms with Crippen LogP contribution in [0.2, 0.25) is 0 Å². The van der Waals surface area contributed by atoms with E-state index in [1.165, 1.54) is 105 Å². The monoisotopic (exact) mass is 902 g/mol. The van der Waals surface area contributed by atoms with E-state index in [-0.39, 0.29) is 0 Å². The second-order valence-corrected chi connectivity index (χ2v) is 18.9. The van der Waals surface area contributed by atoms with Crippen molar-refractivity contribution in [2.24, 2.45) is 0 Å². The molecule has 0 atom stereocenters. The molecule has 0 fully saturated rings. The van der Waals surface area contributed by atoms with Gasteiger partial charge in [-0.2, -0.15) is 0 Å². The summed E-state index contributed by atoms with van der Waals surface area (Å²) in [6.07, 6.45) is 0. The first-order valence-corrected chi connectivity index (χ1v) is 24.6. The molecule has 0 bridgehead atoms. The van der Waals surface area contributed by atoms with Gasteiger partial charge in [0, 0.05) is 33.5 Å². The Bertz CT molecular complexity index is 4130. The van der Waals surface area contributed by atoms with E-state index in [1.807, 2.05) is 0 Å². The number of benzene rings is 12. The van der Waals surface area contributed by atoms with Crippen molar-refractivity contribution in [1.29, 1.82) is 0 Å². The van der Waals surface area contributed by atoms with Gasteiger partial charge in [0.15, 0.2) is 0 Å². The minimum absolute atomic E-state index is 0.507. The van der Waals surface area contributed by atoms with Crippen molar-refractivity contribution in [3.63, 3.8) is 0 Å². The Balaban J connectivity index is 0.872. The molecule has 12 aromatic carbocycles. The third kappa shape index (κ3) is 6.57. The van der Waals surface area contributed by atoms with Crippen LogP contribution in [0.1, 0.15) is 22.3 Å². The van der Waals surface area contributed by atoms with Crippen molar-refractivity contribution in [2.45, 2.75) is 5.41 Å². The van der Waals surface area contributed by atoms with Crippen LogP contribution in [0, 0.1) is 0 Å². The molecule has 1 heterocycles. The summed E-state index contributed by atoms with van der Waals surface area (Å²) in [5, 5.41) is 7.40. The van der Waals surface area contributed by atoms with Gasteiger partial charge in [-0.15, -0.1) is 0 Å². The summed E-state index contributed by atoms with van der Waals surface area (Å²) in [5.41, 5.74) is 18.7. The molecule has 0 unspecified atom stereocenters. The van der Waals surface area contributed by atoms with Crippen LogP contribution >= 0.6 is 0 Å². The smallest absolute Gasteiger partial charge is 0.0714 e. The molecule has 1 aliphatic carbocycles. The second kappa shape index (κ2) is 16.5. The van der Waals surface area contributed by atoms with Crippen LogP contribution in [0.5, 0.6) is 0 Å². The average molecular weight is 903 g/mol. The number of anilines is 3. The first-order valence-electron chi connectivity index (χ1n) is 24.6. The SMILES string of the molecule is c1ccc(C2(c3ccccc3)c3ccccc3-c3ccc(N(c4ccc(-c5cccc(-c6ccc7c(c6)c6ccccc6n7-c6ccc7ccccc7c6)c5)cc4)c4ccc5ccccc5c4)cc32)cc1. The molecule has 0 amide bonds. The minimum Gasteiger partial charge on any atom is -0.310 e. The van der Waals surface area contributed by atoms with Gasteiger partial charge in [0.05, 0.1) is 16.4 Å². The lowest BCUT2D eigenvalue weighted by molar-refractivity contribution is 0.768. The van der Waals surface area contributed by atoms with E-state index in [4.69, 9.17) is 0 Å². The average Bonchev–Trinajstić information content (AvgIpc) is 3.94. The molecule has 332 valence electrons. The van der Waals surface area contributed by atoms with Crippen LogP contribution < -0.4 is 4.90 Å². The van der Waals surface area contributed by atoms with E-state index < -0.39 is 5.41 Å².